The molecular formula is C13H11ClN2O2. The molecule has 0 fully saturated rings. The zero-order chi connectivity index (χ0) is 13.1. The van der Waals surface area contributed by atoms with Crippen LogP contribution in [0.2, 0.25) is 5.02 Å². The molecule has 18 heavy (non-hydrogen) atoms. The Morgan fingerprint density at radius 2 is 2.11 bits per heavy atom. The Morgan fingerprint density at radius 1 is 1.33 bits per heavy atom. The Balaban J connectivity index is 2.31. The number of aromatic nitrogens is 1. The number of benzene rings is 1. The first-order chi connectivity index (χ1) is 8.56. The minimum absolute atomic E-state index is 0.139. The van der Waals surface area contributed by atoms with Gasteiger partial charge in [-0.2, -0.15) is 0 Å². The van der Waals surface area contributed by atoms with Gasteiger partial charge in [-0.1, -0.05) is 17.7 Å². The summed E-state index contributed by atoms with van der Waals surface area (Å²) in [7, 11) is 0. The normalized spacial score (nSPS) is 10.1. The second-order valence-corrected chi connectivity index (χ2v) is 4.29. The summed E-state index contributed by atoms with van der Waals surface area (Å²) >= 11 is 5.92. The molecule has 5 heteroatoms. The number of hydrogen-bond donors (Lipinski definition) is 2. The van der Waals surface area contributed by atoms with E-state index in [-0.39, 0.29) is 5.56 Å². The van der Waals surface area contributed by atoms with Crippen LogP contribution in [-0.4, -0.2) is 16.1 Å². The number of carboxylic acids is 1. The molecule has 0 unspecified atom stereocenters. The Labute approximate surface area is 109 Å². The maximum absolute atomic E-state index is 10.8. The predicted molar refractivity (Wildman–Crippen MR) is 70.7 cm³/mol. The van der Waals surface area contributed by atoms with Crippen molar-refractivity contribution in [1.82, 2.24) is 4.98 Å². The molecule has 2 rings (SSSR count). The van der Waals surface area contributed by atoms with Gasteiger partial charge in [0.05, 0.1) is 17.4 Å². The fourth-order valence-electron chi connectivity index (χ4n) is 1.51. The Morgan fingerprint density at radius 3 is 2.83 bits per heavy atom. The van der Waals surface area contributed by atoms with Crippen LogP contribution in [0.4, 0.5) is 11.4 Å². The van der Waals surface area contributed by atoms with Crippen molar-refractivity contribution in [2.24, 2.45) is 0 Å². The highest BCUT2D eigenvalue weighted by molar-refractivity contribution is 6.30. The first-order valence-corrected chi connectivity index (χ1v) is 5.65. The second-order valence-electron chi connectivity index (χ2n) is 3.85. The summed E-state index contributed by atoms with van der Waals surface area (Å²) < 4.78 is 0. The summed E-state index contributed by atoms with van der Waals surface area (Å²) in [6, 6.07) is 6.99. The molecule has 2 N–H and O–H groups in total. The van der Waals surface area contributed by atoms with E-state index in [2.05, 4.69) is 10.3 Å². The minimum Gasteiger partial charge on any atom is -0.478 e. The van der Waals surface area contributed by atoms with Gasteiger partial charge in [-0.05, 0) is 30.7 Å². The summed E-state index contributed by atoms with van der Waals surface area (Å²) in [5.41, 5.74) is 2.59. The Hall–Kier alpha value is -2.07. The number of nitrogens with zero attached hydrogens (tertiary/aromatic N) is 1. The average molecular weight is 263 g/mol. The number of aromatic carboxylic acids is 1. The molecule has 1 aromatic carbocycles. The maximum Gasteiger partial charge on any atom is 0.337 e. The van der Waals surface area contributed by atoms with Gasteiger partial charge < -0.3 is 10.4 Å². The number of halogens is 1. The zero-order valence-electron chi connectivity index (χ0n) is 9.64. The van der Waals surface area contributed by atoms with E-state index in [9.17, 15) is 4.79 Å². The monoisotopic (exact) mass is 262 g/mol. The van der Waals surface area contributed by atoms with Crippen molar-refractivity contribution < 1.29 is 9.90 Å². The van der Waals surface area contributed by atoms with Crippen LogP contribution in [-0.2, 0) is 0 Å². The Bertz CT molecular complexity index is 599. The van der Waals surface area contributed by atoms with E-state index in [0.29, 0.717) is 10.7 Å². The Kier molecular flexibility index (Phi) is 3.48. The fraction of sp³-hybridized carbons (Fsp3) is 0.0769. The molecule has 2 aromatic rings. The molecule has 0 atom stereocenters. The lowest BCUT2D eigenvalue weighted by Gasteiger charge is -2.10. The SMILES string of the molecule is Cc1ccc(Cl)cc1Nc1cncc(C(=O)O)c1. The van der Waals surface area contributed by atoms with Gasteiger partial charge in [-0.15, -0.1) is 0 Å². The maximum atomic E-state index is 10.8. The van der Waals surface area contributed by atoms with Crippen LogP contribution in [0.5, 0.6) is 0 Å². The minimum atomic E-state index is -1.01. The first-order valence-electron chi connectivity index (χ1n) is 5.28. The lowest BCUT2D eigenvalue weighted by molar-refractivity contribution is 0.0696. The van der Waals surface area contributed by atoms with Crippen LogP contribution in [0.25, 0.3) is 0 Å². The van der Waals surface area contributed by atoms with Crippen LogP contribution in [0.1, 0.15) is 15.9 Å². The van der Waals surface area contributed by atoms with Gasteiger partial charge in [0.15, 0.2) is 0 Å². The van der Waals surface area contributed by atoms with E-state index in [1.165, 1.54) is 12.3 Å². The summed E-state index contributed by atoms with van der Waals surface area (Å²) in [5.74, 6) is -1.01. The third-order valence-corrected chi connectivity index (χ3v) is 2.70. The molecule has 92 valence electrons. The summed E-state index contributed by atoms with van der Waals surface area (Å²) in [6.45, 7) is 1.94. The van der Waals surface area contributed by atoms with Gasteiger partial charge in [0.2, 0.25) is 0 Å². The van der Waals surface area contributed by atoms with E-state index in [4.69, 9.17) is 16.7 Å². The topological polar surface area (TPSA) is 62.2 Å². The molecule has 1 aromatic heterocycles. The van der Waals surface area contributed by atoms with Gasteiger partial charge in [0.1, 0.15) is 0 Å². The molecule has 0 saturated heterocycles. The molecule has 0 saturated carbocycles. The van der Waals surface area contributed by atoms with Crippen LogP contribution in [0.3, 0.4) is 0 Å². The van der Waals surface area contributed by atoms with E-state index < -0.39 is 5.97 Å². The molecular weight excluding hydrogens is 252 g/mol. The molecule has 0 spiro atoms. The highest BCUT2D eigenvalue weighted by atomic mass is 35.5. The van der Waals surface area contributed by atoms with E-state index in [1.807, 2.05) is 13.0 Å². The summed E-state index contributed by atoms with van der Waals surface area (Å²) in [6.07, 6.45) is 2.87. The van der Waals surface area contributed by atoms with Crippen molar-refractivity contribution >= 4 is 28.9 Å². The molecule has 0 aliphatic heterocycles. The van der Waals surface area contributed by atoms with Crippen LogP contribution in [0.15, 0.2) is 36.7 Å². The van der Waals surface area contributed by atoms with Gasteiger partial charge in [0.25, 0.3) is 0 Å². The molecule has 0 aliphatic rings. The van der Waals surface area contributed by atoms with Crippen molar-refractivity contribution in [2.75, 3.05) is 5.32 Å². The highest BCUT2D eigenvalue weighted by Gasteiger charge is 2.05. The number of nitrogens with one attached hydrogen (secondary N) is 1. The van der Waals surface area contributed by atoms with Gasteiger partial charge in [0, 0.05) is 16.9 Å². The average Bonchev–Trinajstić information content (AvgIpc) is 2.34. The van der Waals surface area contributed by atoms with Crippen molar-refractivity contribution in [2.45, 2.75) is 6.92 Å². The zero-order valence-corrected chi connectivity index (χ0v) is 10.4. The van der Waals surface area contributed by atoms with Crippen molar-refractivity contribution in [3.63, 3.8) is 0 Å². The number of carbonyl (C=O) groups is 1. The van der Waals surface area contributed by atoms with E-state index >= 15 is 0 Å². The van der Waals surface area contributed by atoms with Crippen molar-refractivity contribution in [3.8, 4) is 0 Å². The standard InChI is InChI=1S/C13H11ClN2O2/c1-8-2-3-10(14)5-12(8)16-11-4-9(13(17)18)6-15-7-11/h2-7,16H,1H3,(H,17,18). The quantitative estimate of drug-likeness (QED) is 0.889. The van der Waals surface area contributed by atoms with Crippen molar-refractivity contribution in [3.05, 3.63) is 52.8 Å². The van der Waals surface area contributed by atoms with Crippen LogP contribution >= 0.6 is 11.6 Å². The number of hydrogen-bond acceptors (Lipinski definition) is 3. The summed E-state index contributed by atoms with van der Waals surface area (Å²) in [4.78, 5) is 14.7. The molecule has 0 aliphatic carbocycles. The molecule has 0 radical (unpaired) electrons. The van der Waals surface area contributed by atoms with Crippen LogP contribution < -0.4 is 5.32 Å². The second kappa shape index (κ2) is 5.06. The van der Waals surface area contributed by atoms with Gasteiger partial charge in [-0.3, -0.25) is 4.98 Å². The summed E-state index contributed by atoms with van der Waals surface area (Å²) in [5, 5.41) is 12.6. The number of pyridine rings is 1. The number of aryl methyl sites for hydroxylation is 1. The van der Waals surface area contributed by atoms with Crippen LogP contribution in [0, 0.1) is 6.92 Å². The van der Waals surface area contributed by atoms with Crippen molar-refractivity contribution in [1.29, 1.82) is 0 Å². The lowest BCUT2D eigenvalue weighted by Crippen LogP contribution is -2.00. The molecule has 0 amide bonds. The molecule has 4 nitrogen and oxygen atoms in total. The predicted octanol–water partition coefficient (Wildman–Crippen LogP) is 3.49. The third-order valence-electron chi connectivity index (χ3n) is 2.46. The van der Waals surface area contributed by atoms with Gasteiger partial charge in [-0.25, -0.2) is 4.79 Å². The van der Waals surface area contributed by atoms with E-state index in [0.717, 1.165) is 11.3 Å². The van der Waals surface area contributed by atoms with Gasteiger partial charge >= 0.3 is 5.97 Å². The highest BCUT2D eigenvalue weighted by Crippen LogP contribution is 2.24. The largest absolute Gasteiger partial charge is 0.478 e. The number of rotatable bonds is 3. The number of anilines is 2. The fourth-order valence-corrected chi connectivity index (χ4v) is 1.68. The lowest BCUT2D eigenvalue weighted by atomic mass is 10.2. The first kappa shape index (κ1) is 12.4. The number of carboxylic acid groups (broad SMARTS) is 1. The smallest absolute Gasteiger partial charge is 0.337 e. The molecule has 1 heterocycles. The third kappa shape index (κ3) is 2.78. The van der Waals surface area contributed by atoms with E-state index in [1.54, 1.807) is 18.3 Å². The molecule has 0 bridgehead atoms.